The first kappa shape index (κ1) is 27.6. The first-order chi connectivity index (χ1) is 13.8. The average molecular weight is 692 g/mol. The quantitative estimate of drug-likeness (QED) is 0.283. The molecule has 3 aromatic heterocycles. The Bertz CT molecular complexity index is 832. The zero-order valence-electron chi connectivity index (χ0n) is 19.5. The second-order valence-electron chi connectivity index (χ2n) is 8.59. The van der Waals surface area contributed by atoms with Gasteiger partial charge in [-0.05, 0) is 59.7 Å². The van der Waals surface area contributed by atoms with Gasteiger partial charge >= 0.3 is 47.4 Å². The first-order valence-corrected chi connectivity index (χ1v) is 23.6. The molecule has 3 heterocycles. The number of hydrogen-bond acceptors (Lipinski definition) is 3. The Labute approximate surface area is 203 Å². The van der Waals surface area contributed by atoms with Gasteiger partial charge in [-0.25, -0.2) is 0 Å². The van der Waals surface area contributed by atoms with Gasteiger partial charge in [-0.3, -0.25) is 13.8 Å². The van der Waals surface area contributed by atoms with Crippen LogP contribution in [0, 0.1) is 73.2 Å². The van der Waals surface area contributed by atoms with Gasteiger partial charge in [-0.15, -0.1) is 8.07 Å². The maximum absolute atomic E-state index is 4.97. The van der Waals surface area contributed by atoms with Gasteiger partial charge in [0.15, 0.2) is 0 Å². The van der Waals surface area contributed by atoms with E-state index in [2.05, 4.69) is 80.5 Å². The third kappa shape index (κ3) is 8.59. The molecule has 0 aliphatic carbocycles. The molecule has 0 aliphatic rings. The minimum atomic E-state index is -1.06. The summed E-state index contributed by atoms with van der Waals surface area (Å²) >= 11 is -1.06. The molecule has 0 amide bonds. The van der Waals surface area contributed by atoms with Crippen molar-refractivity contribution in [2.24, 2.45) is 0 Å². The predicted molar refractivity (Wildman–Crippen MR) is 127 cm³/mol. The summed E-state index contributed by atoms with van der Waals surface area (Å²) in [5.74, 6) is 0. The third-order valence-electron chi connectivity index (χ3n) is 3.79. The van der Waals surface area contributed by atoms with E-state index in [0.717, 1.165) is 34.2 Å². The van der Waals surface area contributed by atoms with Crippen LogP contribution >= 0.6 is 15.2 Å². The van der Waals surface area contributed by atoms with Crippen LogP contribution in [0.15, 0.2) is 18.2 Å². The fourth-order valence-corrected chi connectivity index (χ4v) is 2.95. The molecule has 0 unspecified atom stereocenters. The number of halogens is 2. The van der Waals surface area contributed by atoms with Crippen LogP contribution < -0.4 is 0 Å². The third-order valence-corrected chi connectivity index (χ3v) is 3.79. The molecule has 6 nitrogen and oxygen atoms in total. The van der Waals surface area contributed by atoms with Gasteiger partial charge in [0, 0.05) is 17.1 Å². The van der Waals surface area contributed by atoms with Crippen LogP contribution in [0.5, 0.6) is 0 Å². The molecule has 3 rings (SSSR count). The summed E-state index contributed by atoms with van der Waals surface area (Å²) in [6.07, 6.45) is 0. The van der Waals surface area contributed by atoms with E-state index in [9.17, 15) is 0 Å². The fourth-order valence-electron chi connectivity index (χ4n) is 2.95. The summed E-state index contributed by atoms with van der Waals surface area (Å²) in [5.41, 5.74) is 6.23. The van der Waals surface area contributed by atoms with E-state index in [1.54, 1.807) is 0 Å². The predicted octanol–water partition coefficient (Wildman–Crippen LogP) is 5.13. The van der Waals surface area contributed by atoms with Gasteiger partial charge in [0.25, 0.3) is 0 Å². The van der Waals surface area contributed by atoms with Gasteiger partial charge < -0.3 is 6.55 Å². The van der Waals surface area contributed by atoms with Crippen LogP contribution in [0.3, 0.4) is 0 Å². The Balaban J connectivity index is 0.000000485. The molecular weight excluding hydrogens is 660 g/mol. The van der Waals surface area contributed by atoms with Crippen LogP contribution in [0.4, 0.5) is 0 Å². The number of aryl methyl sites for hydroxylation is 6. The van der Waals surface area contributed by atoms with Crippen molar-refractivity contribution in [1.82, 2.24) is 29.1 Å². The van der Waals surface area contributed by atoms with Crippen molar-refractivity contribution in [3.05, 3.63) is 58.9 Å². The molecule has 3 aromatic rings. The molecule has 30 heavy (non-hydrogen) atoms. The number of hydrogen-bond donors (Lipinski definition) is 0. The molecule has 0 saturated carbocycles. The monoisotopic (exact) mass is 691 g/mol. The van der Waals surface area contributed by atoms with Crippen LogP contribution in [0.2, 0.25) is 19.6 Å². The molecule has 0 saturated heterocycles. The van der Waals surface area contributed by atoms with Gasteiger partial charge in [0.2, 0.25) is 0 Å². The second-order valence-corrected chi connectivity index (χ2v) is 19.6. The van der Waals surface area contributed by atoms with Crippen molar-refractivity contribution >= 4 is 30.4 Å². The van der Waals surface area contributed by atoms with E-state index in [0.29, 0.717) is 0 Å². The van der Waals surface area contributed by atoms with E-state index in [4.69, 9.17) is 15.2 Å². The SMILES string of the molecule is Cc1cc(C)n(B(n2nc(C)cc2C)n2nc(C)cc2C)n1.[CH2-][Si](C)(C)C.[Cl][U][Cl]. The Morgan fingerprint density at radius 3 is 1.07 bits per heavy atom. The topological polar surface area (TPSA) is 53.5 Å². The Morgan fingerprint density at radius 1 is 0.733 bits per heavy atom. The van der Waals surface area contributed by atoms with Crippen molar-refractivity contribution in [1.29, 1.82) is 0 Å². The molecular formula is C19H32BCl2N6SiU-. The molecule has 164 valence electrons. The zero-order valence-corrected chi connectivity index (χ0v) is 26.1. The van der Waals surface area contributed by atoms with Crippen molar-refractivity contribution in [3.63, 3.8) is 0 Å². The zero-order chi connectivity index (χ0) is 23.2. The molecule has 0 spiro atoms. The van der Waals surface area contributed by atoms with Crippen LogP contribution in [0.1, 0.15) is 34.2 Å². The standard InChI is InChI=1S/C15H21BN6.C4H11Si.2ClH.U/c1-10-7-13(4)20(17-10)16(21-14(5)8-11(2)18-21)22-15(6)9-12(3)19-22;1-5(2,3)4;;;/h7-9H,1-6H3;1H2,2-4H3;2*1H;/q;-1;;;+2/p-2. The van der Waals surface area contributed by atoms with Crippen LogP contribution in [0.25, 0.3) is 0 Å². The van der Waals surface area contributed by atoms with Gasteiger partial charge in [-0.2, -0.15) is 15.3 Å². The Hall–Kier alpha value is -0.456. The van der Waals surface area contributed by atoms with Crippen molar-refractivity contribution < 1.29 is 25.1 Å². The summed E-state index contributed by atoms with van der Waals surface area (Å²) in [6.45, 7) is 22.7. The number of aromatic nitrogens is 6. The Kier molecular flexibility index (Phi) is 11.0. The summed E-state index contributed by atoms with van der Waals surface area (Å²) < 4.78 is 5.94. The molecule has 11 heteroatoms. The number of nitrogens with zero attached hydrogens (tertiary/aromatic N) is 6. The molecule has 0 fully saturated rings. The van der Waals surface area contributed by atoms with Crippen LogP contribution in [-0.2, 0) is 0 Å². The second kappa shape index (κ2) is 12.0. The van der Waals surface area contributed by atoms with Crippen molar-refractivity contribution in [2.75, 3.05) is 0 Å². The first-order valence-electron chi connectivity index (χ1n) is 9.68. The fraction of sp³-hybridized carbons (Fsp3) is 0.474. The van der Waals surface area contributed by atoms with E-state index in [1.165, 1.54) is 0 Å². The maximum atomic E-state index is 4.97. The summed E-state index contributed by atoms with van der Waals surface area (Å²) in [5, 5.41) is 14.0. The van der Waals surface area contributed by atoms with Gasteiger partial charge in [0.1, 0.15) is 0 Å². The molecule has 0 aliphatic heterocycles. The van der Waals surface area contributed by atoms with Crippen LogP contribution in [-0.4, -0.2) is 44.3 Å². The summed E-state index contributed by atoms with van der Waals surface area (Å²) in [6, 6.07) is 6.22. The molecule has 0 bridgehead atoms. The van der Waals surface area contributed by atoms with E-state index in [1.807, 2.05) is 34.5 Å². The van der Waals surface area contributed by atoms with Crippen molar-refractivity contribution in [3.8, 4) is 0 Å². The van der Waals surface area contributed by atoms with Gasteiger partial charge in [0.05, 0.1) is 17.1 Å². The van der Waals surface area contributed by atoms with Crippen molar-refractivity contribution in [2.45, 2.75) is 61.2 Å². The molecule has 0 N–H and O–H groups in total. The molecule has 0 atom stereocenters. The normalized spacial score (nSPS) is 10.5. The van der Waals surface area contributed by atoms with E-state index < -0.39 is 33.1 Å². The van der Waals surface area contributed by atoms with Gasteiger partial charge in [-0.1, -0.05) is 19.6 Å². The molecule has 0 aromatic carbocycles. The summed E-state index contributed by atoms with van der Waals surface area (Å²) in [4.78, 5) is 0. The van der Waals surface area contributed by atoms with E-state index >= 15 is 0 Å². The molecule has 0 radical (unpaired) electrons. The summed E-state index contributed by atoms with van der Waals surface area (Å²) in [7, 11) is 8.86. The average Bonchev–Trinajstić information content (AvgIpc) is 3.18. The minimum absolute atomic E-state index is 0.226. The Morgan fingerprint density at radius 2 is 0.933 bits per heavy atom. The van der Waals surface area contributed by atoms with E-state index in [-0.39, 0.29) is 7.12 Å². The number of rotatable bonds is 3.